The highest BCUT2D eigenvalue weighted by Crippen LogP contribution is 2.37. The molecule has 0 aliphatic carbocycles. The second-order valence-electron chi connectivity index (χ2n) is 4.98. The van der Waals surface area contributed by atoms with Crippen molar-refractivity contribution in [3.05, 3.63) is 53.4 Å². The van der Waals surface area contributed by atoms with Crippen LogP contribution in [0.25, 0.3) is 33.2 Å². The number of rotatable bonds is 2. The molecule has 0 aliphatic heterocycles. The molecule has 0 fully saturated rings. The summed E-state index contributed by atoms with van der Waals surface area (Å²) in [6.45, 7) is 0. The molecule has 0 amide bonds. The first-order valence-corrected chi connectivity index (χ1v) is 7.55. The Balaban J connectivity index is 1.80. The average Bonchev–Trinajstić information content (AvgIpc) is 3.23. The smallest absolute Gasteiger partial charge is 0.416 e. The fraction of sp³-hybridized carbons (Fsp3) is 0.0625. The van der Waals surface area contributed by atoms with Crippen molar-refractivity contribution in [2.45, 2.75) is 6.18 Å². The lowest BCUT2D eigenvalue weighted by atomic mass is 10.1. The quantitative estimate of drug-likeness (QED) is 0.417. The molecule has 0 saturated carbocycles. The van der Waals surface area contributed by atoms with Crippen molar-refractivity contribution < 1.29 is 26.4 Å². The SMILES string of the molecule is Fc1sc(-c2ccco2)nc1-c1cc2ccc(C(F)(F)F)cc2o1. The monoisotopic (exact) mass is 353 g/mol. The predicted octanol–water partition coefficient (Wildman–Crippen LogP) is 5.97. The van der Waals surface area contributed by atoms with E-state index in [2.05, 4.69) is 4.98 Å². The molecule has 0 unspecified atom stereocenters. The summed E-state index contributed by atoms with van der Waals surface area (Å²) in [6.07, 6.45) is -3.03. The van der Waals surface area contributed by atoms with Gasteiger partial charge in [-0.15, -0.1) is 0 Å². The van der Waals surface area contributed by atoms with E-state index in [0.717, 1.165) is 23.5 Å². The number of hydrogen-bond acceptors (Lipinski definition) is 4. The Kier molecular flexibility index (Phi) is 3.24. The minimum absolute atomic E-state index is 0.0202. The van der Waals surface area contributed by atoms with Crippen LogP contribution in [-0.4, -0.2) is 4.98 Å². The minimum Gasteiger partial charge on any atom is -0.462 e. The van der Waals surface area contributed by atoms with Crippen LogP contribution in [0.1, 0.15) is 5.56 Å². The van der Waals surface area contributed by atoms with Crippen LogP contribution in [0, 0.1) is 5.13 Å². The zero-order valence-corrected chi connectivity index (χ0v) is 12.5. The summed E-state index contributed by atoms with van der Waals surface area (Å²) >= 11 is 0.773. The Morgan fingerprint density at radius 2 is 1.88 bits per heavy atom. The molecule has 4 rings (SSSR count). The van der Waals surface area contributed by atoms with Crippen LogP contribution < -0.4 is 0 Å². The van der Waals surface area contributed by atoms with Gasteiger partial charge in [-0.2, -0.15) is 17.6 Å². The van der Waals surface area contributed by atoms with Gasteiger partial charge in [-0.05, 0) is 30.3 Å². The van der Waals surface area contributed by atoms with Crippen molar-refractivity contribution in [3.8, 4) is 22.2 Å². The highest BCUT2D eigenvalue weighted by atomic mass is 32.1. The third-order valence-electron chi connectivity index (χ3n) is 3.40. The molecule has 122 valence electrons. The van der Waals surface area contributed by atoms with E-state index in [1.165, 1.54) is 18.4 Å². The van der Waals surface area contributed by atoms with E-state index in [0.29, 0.717) is 16.2 Å². The van der Waals surface area contributed by atoms with E-state index in [4.69, 9.17) is 8.83 Å². The van der Waals surface area contributed by atoms with Gasteiger partial charge in [0.15, 0.2) is 22.2 Å². The molecule has 0 atom stereocenters. The van der Waals surface area contributed by atoms with Crippen LogP contribution in [0.5, 0.6) is 0 Å². The highest BCUT2D eigenvalue weighted by Gasteiger charge is 2.31. The topological polar surface area (TPSA) is 39.2 Å². The molecule has 4 aromatic rings. The van der Waals surface area contributed by atoms with E-state index in [1.54, 1.807) is 12.1 Å². The summed E-state index contributed by atoms with van der Waals surface area (Å²) in [5, 5.41) is 0.158. The maximum atomic E-state index is 14.2. The predicted molar refractivity (Wildman–Crippen MR) is 80.0 cm³/mol. The summed E-state index contributed by atoms with van der Waals surface area (Å²) in [4.78, 5) is 4.12. The Labute approximate surface area is 136 Å². The third-order valence-corrected chi connectivity index (χ3v) is 4.26. The molecule has 3 aromatic heterocycles. The van der Waals surface area contributed by atoms with Gasteiger partial charge in [0.1, 0.15) is 5.58 Å². The van der Waals surface area contributed by atoms with Gasteiger partial charge >= 0.3 is 6.18 Å². The van der Waals surface area contributed by atoms with Gasteiger partial charge in [0.25, 0.3) is 0 Å². The zero-order chi connectivity index (χ0) is 16.9. The molecular weight excluding hydrogens is 346 g/mol. The zero-order valence-electron chi connectivity index (χ0n) is 11.7. The summed E-state index contributed by atoms with van der Waals surface area (Å²) in [5.74, 6) is 0.469. The number of hydrogen-bond donors (Lipinski definition) is 0. The fourth-order valence-electron chi connectivity index (χ4n) is 2.28. The Bertz CT molecular complexity index is 1010. The Morgan fingerprint density at radius 1 is 1.04 bits per heavy atom. The summed E-state index contributed by atoms with van der Waals surface area (Å²) < 4.78 is 62.9. The van der Waals surface area contributed by atoms with Crippen molar-refractivity contribution in [1.82, 2.24) is 4.98 Å². The van der Waals surface area contributed by atoms with Crippen LogP contribution >= 0.6 is 11.3 Å². The van der Waals surface area contributed by atoms with Gasteiger partial charge < -0.3 is 8.83 Å². The van der Waals surface area contributed by atoms with Crippen LogP contribution in [0.2, 0.25) is 0 Å². The Morgan fingerprint density at radius 3 is 2.58 bits per heavy atom. The number of thiazole rings is 1. The van der Waals surface area contributed by atoms with Gasteiger partial charge in [0, 0.05) is 5.39 Å². The maximum Gasteiger partial charge on any atom is 0.416 e. The van der Waals surface area contributed by atoms with Gasteiger partial charge in [0.2, 0.25) is 5.13 Å². The molecule has 24 heavy (non-hydrogen) atoms. The fourth-order valence-corrected chi connectivity index (χ4v) is 3.05. The van der Waals surface area contributed by atoms with E-state index in [1.807, 2.05) is 0 Å². The average molecular weight is 353 g/mol. The molecule has 0 bridgehead atoms. The van der Waals surface area contributed by atoms with Crippen LogP contribution in [0.4, 0.5) is 17.6 Å². The van der Waals surface area contributed by atoms with Crippen LogP contribution in [-0.2, 0) is 6.18 Å². The van der Waals surface area contributed by atoms with Gasteiger partial charge in [-0.3, -0.25) is 0 Å². The Hall–Kier alpha value is -2.61. The molecule has 0 N–H and O–H groups in total. The molecule has 1 aromatic carbocycles. The summed E-state index contributed by atoms with van der Waals surface area (Å²) in [6, 6.07) is 7.86. The van der Waals surface area contributed by atoms with Gasteiger partial charge in [-0.25, -0.2) is 4.98 Å². The molecule has 0 spiro atoms. The third kappa shape index (κ3) is 2.48. The normalized spacial score (nSPS) is 12.2. The number of nitrogens with zero attached hydrogens (tertiary/aromatic N) is 1. The first kappa shape index (κ1) is 14.9. The largest absolute Gasteiger partial charge is 0.462 e. The number of halogens is 4. The molecule has 0 aliphatic rings. The standard InChI is InChI=1S/C16H7F4NO2S/c17-14-13(21-15(24-14)10-2-1-5-22-10)12-6-8-3-4-9(16(18,19)20)7-11(8)23-12/h1-7H. The number of alkyl halides is 3. The molecule has 3 heterocycles. The highest BCUT2D eigenvalue weighted by molar-refractivity contribution is 7.13. The molecular formula is C16H7F4NO2S. The van der Waals surface area contributed by atoms with Crippen molar-refractivity contribution >= 4 is 22.3 Å². The number of aromatic nitrogens is 1. The van der Waals surface area contributed by atoms with E-state index < -0.39 is 16.9 Å². The number of benzene rings is 1. The van der Waals surface area contributed by atoms with Gasteiger partial charge in [0.05, 0.1) is 11.8 Å². The first-order chi connectivity index (χ1) is 11.4. The molecule has 0 radical (unpaired) electrons. The lowest BCUT2D eigenvalue weighted by Crippen LogP contribution is -2.03. The maximum absolute atomic E-state index is 14.2. The van der Waals surface area contributed by atoms with Crippen LogP contribution in [0.15, 0.2) is 51.5 Å². The first-order valence-electron chi connectivity index (χ1n) is 6.73. The second-order valence-corrected chi connectivity index (χ2v) is 5.93. The van der Waals surface area contributed by atoms with Crippen molar-refractivity contribution in [1.29, 1.82) is 0 Å². The van der Waals surface area contributed by atoms with Crippen molar-refractivity contribution in [2.24, 2.45) is 0 Å². The summed E-state index contributed by atoms with van der Waals surface area (Å²) in [7, 11) is 0. The van der Waals surface area contributed by atoms with Crippen molar-refractivity contribution in [2.75, 3.05) is 0 Å². The molecule has 3 nitrogen and oxygen atoms in total. The minimum atomic E-state index is -4.47. The molecule has 8 heteroatoms. The summed E-state index contributed by atoms with van der Waals surface area (Å²) in [5.41, 5.74) is -0.867. The van der Waals surface area contributed by atoms with E-state index >= 15 is 0 Å². The van der Waals surface area contributed by atoms with Gasteiger partial charge in [-0.1, -0.05) is 17.4 Å². The van der Waals surface area contributed by atoms with Crippen LogP contribution in [0.3, 0.4) is 0 Å². The lowest BCUT2D eigenvalue weighted by Gasteiger charge is -2.04. The lowest BCUT2D eigenvalue weighted by molar-refractivity contribution is -0.137. The second kappa shape index (κ2) is 5.20. The van der Waals surface area contributed by atoms with E-state index in [9.17, 15) is 17.6 Å². The number of fused-ring (bicyclic) bond motifs is 1. The molecule has 0 saturated heterocycles. The van der Waals surface area contributed by atoms with E-state index in [-0.39, 0.29) is 17.0 Å². The number of furan rings is 2. The van der Waals surface area contributed by atoms with Crippen molar-refractivity contribution in [3.63, 3.8) is 0 Å².